The van der Waals surface area contributed by atoms with Gasteiger partial charge in [-0.25, -0.2) is 14.6 Å². The summed E-state index contributed by atoms with van der Waals surface area (Å²) < 4.78 is 25.6. The van der Waals surface area contributed by atoms with Crippen molar-refractivity contribution >= 4 is 45.9 Å². The number of para-hydroxylation sites is 1. The number of nitro groups is 1. The van der Waals surface area contributed by atoms with Crippen LogP contribution < -0.4 is 24.4 Å². The Hall–Kier alpha value is -6.02. The van der Waals surface area contributed by atoms with Crippen LogP contribution in [0.15, 0.2) is 94.0 Å². The van der Waals surface area contributed by atoms with Gasteiger partial charge in [-0.3, -0.25) is 19.5 Å². The minimum absolute atomic E-state index is 0.0174. The maximum atomic E-state index is 14.4. The monoisotopic (exact) mass is 710 g/mol. The van der Waals surface area contributed by atoms with Crippen LogP contribution in [0.3, 0.4) is 0 Å². The molecule has 0 saturated heterocycles. The van der Waals surface area contributed by atoms with Gasteiger partial charge >= 0.3 is 11.9 Å². The first kappa shape index (κ1) is 34.8. The maximum absolute atomic E-state index is 14.4. The second-order valence-electron chi connectivity index (χ2n) is 11.5. The fourth-order valence-electron chi connectivity index (χ4n) is 5.97. The van der Waals surface area contributed by atoms with Crippen LogP contribution in [0.25, 0.3) is 17.0 Å². The van der Waals surface area contributed by atoms with Crippen molar-refractivity contribution in [3.05, 3.63) is 131 Å². The number of hydrogen-bond acceptors (Lipinski definition) is 11. The molecule has 5 aromatic rings. The average molecular weight is 711 g/mol. The first-order chi connectivity index (χ1) is 24.6. The molecule has 13 nitrogen and oxygen atoms in total. The van der Waals surface area contributed by atoms with Gasteiger partial charge in [0.05, 0.1) is 47.1 Å². The van der Waals surface area contributed by atoms with Gasteiger partial charge < -0.3 is 23.5 Å². The highest BCUT2D eigenvalue weighted by molar-refractivity contribution is 7.07. The molecule has 0 bridgehead atoms. The molecule has 0 spiro atoms. The number of methoxy groups -OCH3 is 1. The summed E-state index contributed by atoms with van der Waals surface area (Å²) in [5.74, 6) is -0.552. The summed E-state index contributed by atoms with van der Waals surface area (Å²) in [6.07, 6.45) is 3.76. The fraction of sp³-hybridized carbons (Fsp3) is 0.243. The number of non-ortho nitro benzene ring substituents is 1. The van der Waals surface area contributed by atoms with E-state index in [0.29, 0.717) is 38.6 Å². The molecule has 1 aliphatic rings. The van der Waals surface area contributed by atoms with E-state index < -0.39 is 22.9 Å². The molecule has 0 N–H and O–H groups in total. The number of nitrogens with zero attached hydrogens (tertiary/aromatic N) is 4. The topological polar surface area (TPSA) is 153 Å². The normalized spacial score (nSPS) is 14.2. The van der Waals surface area contributed by atoms with Gasteiger partial charge in [0.1, 0.15) is 0 Å². The molecule has 0 saturated carbocycles. The number of thiazole rings is 1. The largest absolute Gasteiger partial charge is 0.490 e. The molecule has 3 heterocycles. The molecule has 6 rings (SSSR count). The number of benzene rings is 3. The van der Waals surface area contributed by atoms with Gasteiger partial charge in [0.25, 0.3) is 11.2 Å². The van der Waals surface area contributed by atoms with Gasteiger partial charge in [-0.2, -0.15) is 0 Å². The molecule has 0 amide bonds. The Morgan fingerprint density at radius 1 is 1.02 bits per heavy atom. The molecule has 51 heavy (non-hydrogen) atoms. The third kappa shape index (κ3) is 7.03. The van der Waals surface area contributed by atoms with Gasteiger partial charge in [0.15, 0.2) is 22.9 Å². The van der Waals surface area contributed by atoms with E-state index in [2.05, 4.69) is 4.99 Å². The summed E-state index contributed by atoms with van der Waals surface area (Å²) in [7, 11) is 1.26. The third-order valence-corrected chi connectivity index (χ3v) is 9.26. The van der Waals surface area contributed by atoms with Crippen molar-refractivity contribution in [1.82, 2.24) is 9.13 Å². The van der Waals surface area contributed by atoms with Crippen LogP contribution in [-0.4, -0.2) is 52.9 Å². The van der Waals surface area contributed by atoms with Crippen molar-refractivity contribution in [3.8, 4) is 11.5 Å². The lowest BCUT2D eigenvalue weighted by Gasteiger charge is -2.25. The molecule has 262 valence electrons. The Morgan fingerprint density at radius 3 is 2.49 bits per heavy atom. The summed E-state index contributed by atoms with van der Waals surface area (Å²) in [5.41, 5.74) is 3.43. The number of carbonyl (C=O) groups excluding carboxylic acids is 2. The predicted octanol–water partition coefficient (Wildman–Crippen LogP) is 4.66. The molecule has 2 aromatic heterocycles. The molecule has 1 atom stereocenters. The number of allylic oxidation sites excluding steroid dienone is 1. The molecule has 14 heteroatoms. The van der Waals surface area contributed by atoms with E-state index in [-0.39, 0.29) is 36.6 Å². The Morgan fingerprint density at radius 2 is 1.78 bits per heavy atom. The lowest BCUT2D eigenvalue weighted by Crippen LogP contribution is -2.40. The van der Waals surface area contributed by atoms with Crippen molar-refractivity contribution < 1.29 is 33.5 Å². The van der Waals surface area contributed by atoms with Crippen LogP contribution in [-0.2, 0) is 25.6 Å². The number of esters is 2. The summed E-state index contributed by atoms with van der Waals surface area (Å²) >= 11 is 1.21. The zero-order valence-corrected chi connectivity index (χ0v) is 29.1. The van der Waals surface area contributed by atoms with E-state index in [1.54, 1.807) is 51.1 Å². The zero-order chi connectivity index (χ0) is 36.2. The summed E-state index contributed by atoms with van der Waals surface area (Å²) in [4.78, 5) is 55.4. The third-order valence-electron chi connectivity index (χ3n) is 8.28. The van der Waals surface area contributed by atoms with Gasteiger partial charge in [-0.15, -0.1) is 0 Å². The molecule has 0 aliphatic carbocycles. The van der Waals surface area contributed by atoms with E-state index in [0.717, 1.165) is 22.0 Å². The number of fused-ring (bicyclic) bond motifs is 2. The lowest BCUT2D eigenvalue weighted by molar-refractivity contribution is -0.384. The number of nitro benzene ring substituents is 1. The molecule has 3 aromatic carbocycles. The predicted molar refractivity (Wildman–Crippen MR) is 190 cm³/mol. The number of ether oxygens (including phenoxy) is 4. The highest BCUT2D eigenvalue weighted by Crippen LogP contribution is 2.36. The standard InChI is InChI=1S/C37H34N4O9S/c1-5-48-30-17-24(13-16-29(30)50-21-32(42)47-4)34-33(36(44)49-6-2)22(3)38-37-40(34)35(43)31(51-37)18-25-20-39(28-10-8-7-9-27(25)28)19-23-11-14-26(15-12-23)41(45)46/h7-18,20,34H,5-6,19,21H2,1-4H3/b31-18+/t34-/m1/s1. The second kappa shape index (κ2) is 14.8. The quantitative estimate of drug-likeness (QED) is 0.102. The number of rotatable bonds is 12. The van der Waals surface area contributed by atoms with E-state index in [4.69, 9.17) is 18.9 Å². The Balaban J connectivity index is 1.47. The summed E-state index contributed by atoms with van der Waals surface area (Å²) in [6.45, 7) is 5.76. The van der Waals surface area contributed by atoms with Crippen LogP contribution in [0.5, 0.6) is 11.5 Å². The first-order valence-corrected chi connectivity index (χ1v) is 16.9. The van der Waals surface area contributed by atoms with Crippen LogP contribution in [0.2, 0.25) is 0 Å². The van der Waals surface area contributed by atoms with Gasteiger partial charge in [0, 0.05) is 41.3 Å². The number of hydrogen-bond donors (Lipinski definition) is 0. The van der Waals surface area contributed by atoms with Crippen molar-refractivity contribution in [2.45, 2.75) is 33.4 Å². The van der Waals surface area contributed by atoms with Gasteiger partial charge in [0.2, 0.25) is 0 Å². The van der Waals surface area contributed by atoms with E-state index in [1.165, 1.54) is 35.1 Å². The van der Waals surface area contributed by atoms with E-state index >= 15 is 0 Å². The Bertz CT molecular complexity index is 2370. The lowest BCUT2D eigenvalue weighted by atomic mass is 9.95. The van der Waals surface area contributed by atoms with Crippen molar-refractivity contribution in [1.29, 1.82) is 0 Å². The van der Waals surface area contributed by atoms with Gasteiger partial charge in [-0.05, 0) is 56.2 Å². The van der Waals surface area contributed by atoms with Crippen molar-refractivity contribution in [2.24, 2.45) is 4.99 Å². The molecule has 0 fully saturated rings. The van der Waals surface area contributed by atoms with Crippen LogP contribution >= 0.6 is 11.3 Å². The van der Waals surface area contributed by atoms with Crippen molar-refractivity contribution in [2.75, 3.05) is 26.9 Å². The van der Waals surface area contributed by atoms with Crippen LogP contribution in [0.1, 0.15) is 43.5 Å². The smallest absolute Gasteiger partial charge is 0.343 e. The minimum atomic E-state index is -0.903. The van der Waals surface area contributed by atoms with E-state index in [1.807, 2.05) is 41.1 Å². The maximum Gasteiger partial charge on any atom is 0.343 e. The molecule has 0 unspecified atom stereocenters. The second-order valence-corrected chi connectivity index (χ2v) is 12.5. The first-order valence-electron chi connectivity index (χ1n) is 16.1. The highest BCUT2D eigenvalue weighted by Gasteiger charge is 2.34. The fourth-order valence-corrected chi connectivity index (χ4v) is 7.00. The molecular weight excluding hydrogens is 676 g/mol. The molecular formula is C37H34N4O9S. The highest BCUT2D eigenvalue weighted by atomic mass is 32.1. The molecule has 1 aliphatic heterocycles. The van der Waals surface area contributed by atoms with Crippen molar-refractivity contribution in [3.63, 3.8) is 0 Å². The average Bonchev–Trinajstić information content (AvgIpc) is 3.62. The number of carbonyl (C=O) groups is 2. The molecule has 0 radical (unpaired) electrons. The summed E-state index contributed by atoms with van der Waals surface area (Å²) in [5, 5.41) is 12.1. The Labute approximate surface area is 295 Å². The minimum Gasteiger partial charge on any atom is -0.490 e. The number of aromatic nitrogens is 2. The SMILES string of the molecule is CCOC(=O)C1=C(C)N=c2s/c(=C/c3cn(Cc4ccc([N+](=O)[O-])cc4)c4ccccc34)c(=O)n2[C@@H]1c1ccc(OCC(=O)OC)c(OCC)c1. The zero-order valence-electron chi connectivity index (χ0n) is 28.3. The van der Waals surface area contributed by atoms with E-state index in [9.17, 15) is 24.5 Å². The Kier molecular flexibility index (Phi) is 10.1. The van der Waals surface area contributed by atoms with Crippen LogP contribution in [0, 0.1) is 10.1 Å². The van der Waals surface area contributed by atoms with Gasteiger partial charge in [-0.1, -0.05) is 47.7 Å². The summed E-state index contributed by atoms with van der Waals surface area (Å²) in [6, 6.07) is 18.3. The van der Waals surface area contributed by atoms with Crippen LogP contribution in [0.4, 0.5) is 5.69 Å².